The number of carbonyl (C=O) groups excluding carboxylic acids is 1. The summed E-state index contributed by atoms with van der Waals surface area (Å²) in [6, 6.07) is 8.65. The molecule has 1 amide bonds. The zero-order valence-electron chi connectivity index (χ0n) is 15.1. The van der Waals surface area contributed by atoms with Crippen molar-refractivity contribution in [2.24, 2.45) is 0 Å². The van der Waals surface area contributed by atoms with Gasteiger partial charge in [0.05, 0.1) is 26.2 Å². The van der Waals surface area contributed by atoms with Gasteiger partial charge in [-0.1, -0.05) is 18.2 Å². The Morgan fingerprint density at radius 1 is 1.07 bits per heavy atom. The van der Waals surface area contributed by atoms with E-state index in [1.807, 2.05) is 12.1 Å². The number of fused-ring (bicyclic) bond motifs is 1. The van der Waals surface area contributed by atoms with Gasteiger partial charge in [-0.2, -0.15) is 13.2 Å². The maximum atomic E-state index is 12.8. The van der Waals surface area contributed by atoms with Crippen molar-refractivity contribution in [2.75, 3.05) is 20.8 Å². The summed E-state index contributed by atoms with van der Waals surface area (Å²) >= 11 is 0. The molecule has 0 bridgehead atoms. The fraction of sp³-hybridized carbons (Fsp3) is 0.350. The van der Waals surface area contributed by atoms with Gasteiger partial charge in [0, 0.05) is 13.1 Å². The van der Waals surface area contributed by atoms with Crippen LogP contribution in [0.15, 0.2) is 36.4 Å². The normalized spacial score (nSPS) is 13.9. The average molecular weight is 379 g/mol. The van der Waals surface area contributed by atoms with Gasteiger partial charge in [-0.25, -0.2) is 0 Å². The molecule has 0 unspecified atom stereocenters. The lowest BCUT2D eigenvalue weighted by Gasteiger charge is -2.30. The predicted molar refractivity (Wildman–Crippen MR) is 93.8 cm³/mol. The summed E-state index contributed by atoms with van der Waals surface area (Å²) in [5.74, 6) is 1.03. The number of ether oxygens (including phenoxy) is 2. The Morgan fingerprint density at radius 3 is 2.37 bits per heavy atom. The summed E-state index contributed by atoms with van der Waals surface area (Å²) in [7, 11) is 3.11. The molecule has 0 N–H and O–H groups in total. The van der Waals surface area contributed by atoms with Crippen molar-refractivity contribution in [3.05, 3.63) is 58.7 Å². The standard InChI is InChI=1S/C20H20F3NO3/c1-26-17-10-14-6-7-24(12-15(14)11-18(17)27-2)19(25)9-13-4-3-5-16(8-13)20(21,22)23/h3-5,8,10-11H,6-7,9,12H2,1-2H3. The molecule has 144 valence electrons. The number of hydrogen-bond acceptors (Lipinski definition) is 3. The Kier molecular flexibility index (Phi) is 5.30. The number of rotatable bonds is 4. The topological polar surface area (TPSA) is 38.8 Å². The fourth-order valence-electron chi connectivity index (χ4n) is 3.24. The number of hydrogen-bond donors (Lipinski definition) is 0. The zero-order valence-corrected chi connectivity index (χ0v) is 15.1. The van der Waals surface area contributed by atoms with Gasteiger partial charge < -0.3 is 14.4 Å². The molecule has 0 atom stereocenters. The molecule has 2 aromatic carbocycles. The van der Waals surface area contributed by atoms with E-state index in [1.165, 1.54) is 6.07 Å². The second-order valence-corrected chi connectivity index (χ2v) is 6.42. The number of nitrogens with zero attached hydrogens (tertiary/aromatic N) is 1. The molecule has 0 aliphatic carbocycles. The third kappa shape index (κ3) is 4.18. The monoisotopic (exact) mass is 379 g/mol. The molecule has 1 heterocycles. The second-order valence-electron chi connectivity index (χ2n) is 6.42. The van der Waals surface area contributed by atoms with Crippen LogP contribution in [0.4, 0.5) is 13.2 Å². The van der Waals surface area contributed by atoms with Crippen LogP contribution in [0.5, 0.6) is 11.5 Å². The number of methoxy groups -OCH3 is 2. The van der Waals surface area contributed by atoms with Crippen molar-refractivity contribution in [1.29, 1.82) is 0 Å². The van der Waals surface area contributed by atoms with Crippen molar-refractivity contribution in [3.63, 3.8) is 0 Å². The van der Waals surface area contributed by atoms with Crippen molar-refractivity contribution in [3.8, 4) is 11.5 Å². The first kappa shape index (κ1) is 19.1. The van der Waals surface area contributed by atoms with Crippen LogP contribution in [-0.4, -0.2) is 31.6 Å². The van der Waals surface area contributed by atoms with E-state index in [9.17, 15) is 18.0 Å². The van der Waals surface area contributed by atoms with Crippen molar-refractivity contribution in [2.45, 2.75) is 25.6 Å². The Morgan fingerprint density at radius 2 is 1.74 bits per heavy atom. The van der Waals surface area contributed by atoms with E-state index in [4.69, 9.17) is 9.47 Å². The summed E-state index contributed by atoms with van der Waals surface area (Å²) in [6.45, 7) is 0.910. The first-order valence-electron chi connectivity index (χ1n) is 8.49. The highest BCUT2D eigenvalue weighted by atomic mass is 19.4. The minimum atomic E-state index is -4.42. The molecule has 1 aliphatic rings. The van der Waals surface area contributed by atoms with Crippen LogP contribution in [0.1, 0.15) is 22.3 Å². The molecule has 0 saturated heterocycles. The Bertz CT molecular complexity index is 849. The quantitative estimate of drug-likeness (QED) is 0.810. The van der Waals surface area contributed by atoms with Gasteiger partial charge in [-0.3, -0.25) is 4.79 Å². The number of carbonyl (C=O) groups is 1. The smallest absolute Gasteiger partial charge is 0.416 e. The minimum Gasteiger partial charge on any atom is -0.493 e. The Hall–Kier alpha value is -2.70. The second kappa shape index (κ2) is 7.50. The fourth-order valence-corrected chi connectivity index (χ4v) is 3.24. The highest BCUT2D eigenvalue weighted by Gasteiger charge is 2.30. The van der Waals surface area contributed by atoms with E-state index >= 15 is 0 Å². The van der Waals surface area contributed by atoms with Gasteiger partial charge in [0.1, 0.15) is 0 Å². The van der Waals surface area contributed by atoms with Crippen LogP contribution in [0.2, 0.25) is 0 Å². The molecule has 2 aromatic rings. The van der Waals surface area contributed by atoms with E-state index in [1.54, 1.807) is 25.2 Å². The molecule has 27 heavy (non-hydrogen) atoms. The average Bonchev–Trinajstić information content (AvgIpc) is 2.65. The van der Waals surface area contributed by atoms with Gasteiger partial charge in [-0.15, -0.1) is 0 Å². The summed E-state index contributed by atoms with van der Waals surface area (Å²) in [5, 5.41) is 0. The number of alkyl halides is 3. The third-order valence-electron chi connectivity index (χ3n) is 4.68. The Labute approximate surface area is 155 Å². The van der Waals surface area contributed by atoms with Crippen molar-refractivity contribution in [1.82, 2.24) is 4.90 Å². The van der Waals surface area contributed by atoms with E-state index in [2.05, 4.69) is 0 Å². The number of benzene rings is 2. The van der Waals surface area contributed by atoms with Gasteiger partial charge >= 0.3 is 6.18 Å². The molecule has 0 fully saturated rings. The molecule has 0 saturated carbocycles. The first-order valence-corrected chi connectivity index (χ1v) is 8.49. The predicted octanol–water partition coefficient (Wildman–Crippen LogP) is 3.85. The van der Waals surface area contributed by atoms with Gasteiger partial charge in [0.15, 0.2) is 11.5 Å². The number of halogens is 3. The summed E-state index contributed by atoms with van der Waals surface area (Å²) in [5.41, 5.74) is 1.65. The summed E-state index contributed by atoms with van der Waals surface area (Å²) in [6.07, 6.45) is -3.82. The molecule has 3 rings (SSSR count). The van der Waals surface area contributed by atoms with Crippen LogP contribution < -0.4 is 9.47 Å². The lowest BCUT2D eigenvalue weighted by atomic mass is 9.98. The number of amides is 1. The van der Waals surface area contributed by atoms with Crippen molar-refractivity contribution < 1.29 is 27.4 Å². The lowest BCUT2D eigenvalue weighted by Crippen LogP contribution is -2.37. The van der Waals surface area contributed by atoms with E-state index in [0.717, 1.165) is 23.3 Å². The molecule has 0 spiro atoms. The van der Waals surface area contributed by atoms with Crippen LogP contribution >= 0.6 is 0 Å². The van der Waals surface area contributed by atoms with E-state index in [-0.39, 0.29) is 12.3 Å². The van der Waals surface area contributed by atoms with E-state index in [0.29, 0.717) is 36.6 Å². The van der Waals surface area contributed by atoms with Crippen LogP contribution in [0.3, 0.4) is 0 Å². The molecule has 0 aromatic heterocycles. The molecule has 4 nitrogen and oxygen atoms in total. The van der Waals surface area contributed by atoms with Crippen LogP contribution in [-0.2, 0) is 30.4 Å². The Balaban J connectivity index is 1.74. The lowest BCUT2D eigenvalue weighted by molar-refractivity contribution is -0.138. The van der Waals surface area contributed by atoms with Crippen LogP contribution in [0.25, 0.3) is 0 Å². The maximum absolute atomic E-state index is 12.8. The van der Waals surface area contributed by atoms with E-state index < -0.39 is 11.7 Å². The largest absolute Gasteiger partial charge is 0.493 e. The SMILES string of the molecule is COc1cc2c(cc1OC)CN(C(=O)Cc1cccc(C(F)(F)F)c1)CC2. The maximum Gasteiger partial charge on any atom is 0.416 e. The minimum absolute atomic E-state index is 0.0630. The molecule has 1 aliphatic heterocycles. The summed E-state index contributed by atoms with van der Waals surface area (Å²) < 4.78 is 49.1. The highest BCUT2D eigenvalue weighted by Crippen LogP contribution is 2.33. The molecular formula is C20H20F3NO3. The van der Waals surface area contributed by atoms with Crippen molar-refractivity contribution >= 4 is 5.91 Å². The molecular weight excluding hydrogens is 359 g/mol. The molecule has 0 radical (unpaired) electrons. The summed E-state index contributed by atoms with van der Waals surface area (Å²) in [4.78, 5) is 14.3. The van der Waals surface area contributed by atoms with Gasteiger partial charge in [-0.05, 0) is 41.3 Å². The van der Waals surface area contributed by atoms with Gasteiger partial charge in [0.25, 0.3) is 0 Å². The third-order valence-corrected chi connectivity index (χ3v) is 4.68. The van der Waals surface area contributed by atoms with Gasteiger partial charge in [0.2, 0.25) is 5.91 Å². The molecule has 7 heteroatoms. The zero-order chi connectivity index (χ0) is 19.6. The van der Waals surface area contributed by atoms with Crippen LogP contribution in [0, 0.1) is 0 Å². The first-order chi connectivity index (χ1) is 12.8. The highest BCUT2D eigenvalue weighted by molar-refractivity contribution is 5.79.